The highest BCUT2D eigenvalue weighted by molar-refractivity contribution is 7.09. The molecular formula is C27H44N2O5S. The second-order valence-corrected chi connectivity index (χ2v) is 12.3. The molecule has 6 atom stereocenters. The van der Waals surface area contributed by atoms with Gasteiger partial charge in [-0.3, -0.25) is 9.59 Å². The standard InChI is InChI=1S/C27H44N2O5S/c1-16(24(32)18(3)25(33)26(5,6)12-10-23(30)31)9-8-11-27(7)22(34-27)14-21(28)17(2)13-20-15-35-19(4)29-20/h13,15-16,18,21-22,24,32H,8-12,14,28H2,1-7H3,(H,30,31)/b17-13+/t16-,18+,21-,22-,24-,27+/m0/s1. The van der Waals surface area contributed by atoms with Gasteiger partial charge in [0.15, 0.2) is 0 Å². The van der Waals surface area contributed by atoms with Crippen LogP contribution in [0.1, 0.15) is 90.8 Å². The van der Waals surface area contributed by atoms with E-state index in [0.29, 0.717) is 0 Å². The minimum Gasteiger partial charge on any atom is -0.481 e. The molecule has 0 saturated carbocycles. The summed E-state index contributed by atoms with van der Waals surface area (Å²) >= 11 is 1.63. The fourth-order valence-electron chi connectivity index (χ4n) is 4.76. The third kappa shape index (κ3) is 8.48. The van der Waals surface area contributed by atoms with Crippen molar-refractivity contribution in [1.82, 2.24) is 4.98 Å². The van der Waals surface area contributed by atoms with Gasteiger partial charge in [0.05, 0.1) is 28.5 Å². The number of hydrogen-bond acceptors (Lipinski definition) is 7. The SMILES string of the molecule is C/C(=C\c1csc(C)n1)[C@@H](N)C[C@@H]1O[C@]1(C)CCC[C@H](C)[C@H](O)[C@@H](C)C(=O)C(C)(C)CCC(=O)O. The minimum absolute atomic E-state index is 0.0426. The number of carbonyl (C=O) groups is 2. The molecule has 35 heavy (non-hydrogen) atoms. The van der Waals surface area contributed by atoms with Crippen LogP contribution in [0.2, 0.25) is 0 Å². The Morgan fingerprint density at radius 1 is 1.37 bits per heavy atom. The number of ketones is 1. The van der Waals surface area contributed by atoms with E-state index in [4.69, 9.17) is 15.6 Å². The quantitative estimate of drug-likeness (QED) is 0.285. The van der Waals surface area contributed by atoms with Crippen molar-refractivity contribution in [2.24, 2.45) is 23.0 Å². The Morgan fingerprint density at radius 3 is 2.60 bits per heavy atom. The van der Waals surface area contributed by atoms with Crippen LogP contribution in [-0.2, 0) is 14.3 Å². The fourth-order valence-corrected chi connectivity index (χ4v) is 5.33. The Balaban J connectivity index is 1.78. The summed E-state index contributed by atoms with van der Waals surface area (Å²) in [6.45, 7) is 13.4. The highest BCUT2D eigenvalue weighted by Gasteiger charge is 2.51. The highest BCUT2D eigenvalue weighted by Crippen LogP contribution is 2.44. The average molecular weight is 509 g/mol. The van der Waals surface area contributed by atoms with Crippen LogP contribution in [0, 0.1) is 24.2 Å². The lowest BCUT2D eigenvalue weighted by molar-refractivity contribution is -0.139. The molecule has 2 rings (SSSR count). The van der Waals surface area contributed by atoms with Gasteiger partial charge in [-0.25, -0.2) is 4.98 Å². The number of carbonyl (C=O) groups excluding carboxylic acids is 1. The van der Waals surface area contributed by atoms with Crippen LogP contribution in [-0.4, -0.2) is 50.8 Å². The second kappa shape index (κ2) is 12.1. The largest absolute Gasteiger partial charge is 0.481 e. The number of aliphatic hydroxyl groups excluding tert-OH is 1. The van der Waals surface area contributed by atoms with Gasteiger partial charge in [-0.05, 0) is 58.4 Å². The molecule has 0 spiro atoms. The normalized spacial score (nSPS) is 24.0. The van der Waals surface area contributed by atoms with Gasteiger partial charge < -0.3 is 20.7 Å². The molecule has 198 valence electrons. The number of aromatic nitrogens is 1. The topological polar surface area (TPSA) is 126 Å². The molecule has 0 radical (unpaired) electrons. The van der Waals surface area contributed by atoms with Gasteiger partial charge in [0, 0.05) is 29.2 Å². The zero-order chi connectivity index (χ0) is 26.6. The number of aliphatic carboxylic acids is 1. The number of aryl methyl sites for hydroxylation is 1. The van der Waals surface area contributed by atoms with Gasteiger partial charge >= 0.3 is 5.97 Å². The summed E-state index contributed by atoms with van der Waals surface area (Å²) in [6.07, 6.45) is 4.93. The first-order chi connectivity index (χ1) is 16.2. The third-order valence-electron chi connectivity index (χ3n) is 7.57. The number of nitrogens with two attached hydrogens (primary N) is 1. The van der Waals surface area contributed by atoms with Crippen molar-refractivity contribution in [3.63, 3.8) is 0 Å². The zero-order valence-corrected chi connectivity index (χ0v) is 23.2. The number of rotatable bonds is 15. The molecule has 0 bridgehead atoms. The van der Waals surface area contributed by atoms with Crippen LogP contribution in [0.4, 0.5) is 0 Å². The highest BCUT2D eigenvalue weighted by atomic mass is 32.1. The molecule has 0 unspecified atom stereocenters. The van der Waals surface area contributed by atoms with Crippen LogP contribution >= 0.6 is 11.3 Å². The minimum atomic E-state index is -0.914. The van der Waals surface area contributed by atoms with Crippen LogP contribution in [0.25, 0.3) is 6.08 Å². The van der Waals surface area contributed by atoms with E-state index in [2.05, 4.69) is 11.9 Å². The molecule has 2 heterocycles. The summed E-state index contributed by atoms with van der Waals surface area (Å²) in [4.78, 5) is 28.3. The van der Waals surface area contributed by atoms with E-state index < -0.39 is 23.4 Å². The van der Waals surface area contributed by atoms with E-state index in [1.165, 1.54) is 0 Å². The van der Waals surface area contributed by atoms with Gasteiger partial charge in [0.2, 0.25) is 0 Å². The number of epoxide rings is 1. The molecule has 7 nitrogen and oxygen atoms in total. The Labute approximate surface area is 214 Å². The number of hydrogen-bond donors (Lipinski definition) is 3. The van der Waals surface area contributed by atoms with E-state index in [1.807, 2.05) is 32.2 Å². The van der Waals surface area contributed by atoms with Gasteiger partial charge in [-0.1, -0.05) is 39.7 Å². The first-order valence-electron chi connectivity index (χ1n) is 12.6. The molecule has 4 N–H and O–H groups in total. The number of ether oxygens (including phenoxy) is 1. The Bertz CT molecular complexity index is 911. The van der Waals surface area contributed by atoms with Crippen molar-refractivity contribution in [2.45, 2.75) is 111 Å². The van der Waals surface area contributed by atoms with Crippen molar-refractivity contribution < 1.29 is 24.5 Å². The van der Waals surface area contributed by atoms with Crippen molar-refractivity contribution in [2.75, 3.05) is 0 Å². The van der Waals surface area contributed by atoms with E-state index in [-0.39, 0.29) is 42.3 Å². The molecule has 1 saturated heterocycles. The number of nitrogens with zero attached hydrogens (tertiary/aromatic N) is 1. The molecule has 1 fully saturated rings. The molecule has 1 aliphatic rings. The summed E-state index contributed by atoms with van der Waals surface area (Å²) in [6, 6.07) is -0.0825. The molecule has 1 aromatic rings. The molecule has 1 aliphatic heterocycles. The molecule has 0 aromatic carbocycles. The van der Waals surface area contributed by atoms with Crippen LogP contribution in [0.5, 0.6) is 0 Å². The number of aliphatic hydroxyl groups is 1. The van der Waals surface area contributed by atoms with Gasteiger partial charge in [-0.2, -0.15) is 0 Å². The number of carboxylic acids is 1. The van der Waals surface area contributed by atoms with Crippen molar-refractivity contribution in [3.05, 3.63) is 21.7 Å². The van der Waals surface area contributed by atoms with Gasteiger partial charge in [0.1, 0.15) is 5.78 Å². The van der Waals surface area contributed by atoms with E-state index in [0.717, 1.165) is 42.0 Å². The maximum atomic E-state index is 12.9. The van der Waals surface area contributed by atoms with Crippen molar-refractivity contribution in [3.8, 4) is 0 Å². The smallest absolute Gasteiger partial charge is 0.303 e. The first kappa shape index (κ1) is 29.6. The summed E-state index contributed by atoms with van der Waals surface area (Å²) < 4.78 is 6.01. The molecule has 0 amide bonds. The third-order valence-corrected chi connectivity index (χ3v) is 8.36. The lowest BCUT2D eigenvalue weighted by Gasteiger charge is -2.31. The maximum absolute atomic E-state index is 12.9. The lowest BCUT2D eigenvalue weighted by atomic mass is 9.74. The Hall–Kier alpha value is -1.61. The van der Waals surface area contributed by atoms with Crippen molar-refractivity contribution >= 4 is 29.2 Å². The number of carboxylic acid groups (broad SMARTS) is 1. The number of Topliss-reactive ketones (excluding diaryl/α,β-unsaturated/α-hetero) is 1. The first-order valence-corrected chi connectivity index (χ1v) is 13.5. The van der Waals surface area contributed by atoms with E-state index in [1.54, 1.807) is 32.1 Å². The van der Waals surface area contributed by atoms with Gasteiger partial charge in [0.25, 0.3) is 0 Å². The summed E-state index contributed by atoms with van der Waals surface area (Å²) in [7, 11) is 0. The number of thiazole rings is 1. The van der Waals surface area contributed by atoms with E-state index in [9.17, 15) is 14.7 Å². The van der Waals surface area contributed by atoms with Crippen LogP contribution in [0.15, 0.2) is 11.0 Å². The molecule has 8 heteroatoms. The van der Waals surface area contributed by atoms with Gasteiger partial charge in [-0.15, -0.1) is 11.3 Å². The molecule has 1 aromatic heterocycles. The predicted octanol–water partition coefficient (Wildman–Crippen LogP) is 4.99. The van der Waals surface area contributed by atoms with E-state index >= 15 is 0 Å². The van der Waals surface area contributed by atoms with Crippen LogP contribution < -0.4 is 5.73 Å². The van der Waals surface area contributed by atoms with Crippen LogP contribution in [0.3, 0.4) is 0 Å². The monoisotopic (exact) mass is 508 g/mol. The average Bonchev–Trinajstić information content (AvgIpc) is 3.22. The molecule has 0 aliphatic carbocycles. The summed E-state index contributed by atoms with van der Waals surface area (Å²) in [5, 5.41) is 22.8. The zero-order valence-electron chi connectivity index (χ0n) is 22.3. The summed E-state index contributed by atoms with van der Waals surface area (Å²) in [5.74, 6) is -1.58. The molecular weight excluding hydrogens is 464 g/mol. The predicted molar refractivity (Wildman–Crippen MR) is 140 cm³/mol. The Kier molecular flexibility index (Phi) is 10.2. The fraction of sp³-hybridized carbons (Fsp3) is 0.741. The van der Waals surface area contributed by atoms with Crippen molar-refractivity contribution in [1.29, 1.82) is 0 Å². The summed E-state index contributed by atoms with van der Waals surface area (Å²) in [5.41, 5.74) is 7.49. The second-order valence-electron chi connectivity index (χ2n) is 11.2. The maximum Gasteiger partial charge on any atom is 0.303 e. The Morgan fingerprint density at radius 2 is 2.03 bits per heavy atom. The lowest BCUT2D eigenvalue weighted by Crippen LogP contribution is -2.39.